The third kappa shape index (κ3) is 20.4. The molecule has 0 radical (unpaired) electrons. The molecule has 23 heavy (non-hydrogen) atoms. The molecule has 0 aromatic rings. The van der Waals surface area contributed by atoms with E-state index < -0.39 is 0 Å². The molecule has 0 heterocycles. The maximum atomic E-state index is 8.60. The van der Waals surface area contributed by atoms with Crippen molar-refractivity contribution in [3.63, 3.8) is 0 Å². The minimum absolute atomic E-state index is 0.214. The minimum atomic E-state index is 0.214. The summed E-state index contributed by atoms with van der Waals surface area (Å²) in [5.74, 6) is 0. The van der Waals surface area contributed by atoms with E-state index in [2.05, 4.69) is 37.3 Å². The van der Waals surface area contributed by atoms with Crippen molar-refractivity contribution in [1.82, 2.24) is 0 Å². The molecule has 0 unspecified atom stereocenters. The van der Waals surface area contributed by atoms with Gasteiger partial charge in [-0.25, -0.2) is 0 Å². The Morgan fingerprint density at radius 1 is 0.522 bits per heavy atom. The van der Waals surface area contributed by atoms with Crippen LogP contribution in [0.3, 0.4) is 0 Å². The van der Waals surface area contributed by atoms with Gasteiger partial charge in [0.2, 0.25) is 0 Å². The highest BCUT2D eigenvalue weighted by molar-refractivity contribution is 5.17. The Labute approximate surface area is 143 Å². The second-order valence-corrected chi connectivity index (χ2v) is 5.39. The molecule has 0 spiro atoms. The van der Waals surface area contributed by atoms with Crippen LogP contribution in [0.2, 0.25) is 0 Å². The zero-order valence-corrected chi connectivity index (χ0v) is 14.7. The predicted octanol–water partition coefficient (Wildman–Crippen LogP) is 6.46. The van der Waals surface area contributed by atoms with Crippen LogP contribution in [0.25, 0.3) is 0 Å². The number of rotatable bonds is 14. The van der Waals surface area contributed by atoms with Crippen molar-refractivity contribution in [1.29, 1.82) is 0 Å². The van der Waals surface area contributed by atoms with E-state index in [0.717, 1.165) is 6.42 Å². The van der Waals surface area contributed by atoms with Crippen LogP contribution in [0.15, 0.2) is 72.9 Å². The van der Waals surface area contributed by atoms with Crippen molar-refractivity contribution in [3.8, 4) is 0 Å². The average molecular weight is 315 g/mol. The summed E-state index contributed by atoms with van der Waals surface area (Å²) in [6.07, 6.45) is 34.5. The van der Waals surface area contributed by atoms with Gasteiger partial charge in [-0.2, -0.15) is 0 Å². The van der Waals surface area contributed by atoms with E-state index in [1.165, 1.54) is 38.5 Å². The van der Waals surface area contributed by atoms with Crippen LogP contribution in [0.5, 0.6) is 0 Å². The Balaban J connectivity index is 3.46. The van der Waals surface area contributed by atoms with Crippen LogP contribution in [0, 0.1) is 0 Å². The fraction of sp³-hybridized carbons (Fsp3) is 0.455. The largest absolute Gasteiger partial charge is 0.396 e. The fourth-order valence-corrected chi connectivity index (χ4v) is 1.97. The minimum Gasteiger partial charge on any atom is -0.396 e. The topological polar surface area (TPSA) is 20.2 Å². The van der Waals surface area contributed by atoms with Gasteiger partial charge < -0.3 is 5.11 Å². The highest BCUT2D eigenvalue weighted by Crippen LogP contribution is 2.06. The number of allylic oxidation sites excluding steroid dienone is 11. The summed E-state index contributed by atoms with van der Waals surface area (Å²) in [5.41, 5.74) is 0. The van der Waals surface area contributed by atoms with Gasteiger partial charge in [0.15, 0.2) is 0 Å². The molecule has 0 saturated carbocycles. The normalized spacial score (nSPS) is 13.3. The first kappa shape index (κ1) is 21.4. The first-order chi connectivity index (χ1) is 11.4. The maximum Gasteiger partial charge on any atom is 0.0465 e. The molecular weight excluding hydrogens is 280 g/mol. The molecule has 0 amide bonds. The van der Waals surface area contributed by atoms with Gasteiger partial charge in [0.25, 0.3) is 0 Å². The van der Waals surface area contributed by atoms with Crippen molar-refractivity contribution in [2.45, 2.75) is 58.3 Å². The van der Waals surface area contributed by atoms with Crippen LogP contribution in [-0.2, 0) is 0 Å². The van der Waals surface area contributed by atoms with E-state index in [0.29, 0.717) is 6.42 Å². The highest BCUT2D eigenvalue weighted by atomic mass is 16.2. The van der Waals surface area contributed by atoms with E-state index in [-0.39, 0.29) is 6.61 Å². The second-order valence-electron chi connectivity index (χ2n) is 5.39. The Morgan fingerprint density at radius 2 is 1.00 bits per heavy atom. The Morgan fingerprint density at radius 3 is 1.52 bits per heavy atom. The number of aliphatic hydroxyl groups is 1. The lowest BCUT2D eigenvalue weighted by Gasteiger charge is -1.96. The third-order valence-electron chi connectivity index (χ3n) is 3.24. The first-order valence-corrected chi connectivity index (χ1v) is 8.99. The van der Waals surface area contributed by atoms with Crippen LogP contribution in [0.1, 0.15) is 58.3 Å². The van der Waals surface area contributed by atoms with Gasteiger partial charge in [-0.05, 0) is 38.5 Å². The van der Waals surface area contributed by atoms with Gasteiger partial charge in [-0.3, -0.25) is 0 Å². The summed E-state index contributed by atoms with van der Waals surface area (Å²) in [4.78, 5) is 0. The molecule has 0 aliphatic rings. The van der Waals surface area contributed by atoms with E-state index in [4.69, 9.17) is 5.11 Å². The number of aliphatic hydroxyl groups excluding tert-OH is 1. The van der Waals surface area contributed by atoms with Gasteiger partial charge >= 0.3 is 0 Å². The number of hydrogen-bond donors (Lipinski definition) is 1. The lowest BCUT2D eigenvalue weighted by molar-refractivity contribution is 0.302. The van der Waals surface area contributed by atoms with Crippen LogP contribution in [-0.4, -0.2) is 11.7 Å². The quantitative estimate of drug-likeness (QED) is 0.222. The molecule has 0 saturated heterocycles. The summed E-state index contributed by atoms with van der Waals surface area (Å²) in [6, 6.07) is 0. The summed E-state index contributed by atoms with van der Waals surface area (Å²) >= 11 is 0. The molecule has 0 fully saturated rings. The zero-order chi connectivity index (χ0) is 16.8. The van der Waals surface area contributed by atoms with Crippen molar-refractivity contribution in [2.24, 2.45) is 0 Å². The van der Waals surface area contributed by atoms with Crippen molar-refractivity contribution < 1.29 is 5.11 Å². The predicted molar refractivity (Wildman–Crippen MR) is 105 cm³/mol. The average Bonchev–Trinajstić information content (AvgIpc) is 2.57. The number of unbranched alkanes of at least 4 members (excludes halogenated alkanes) is 5. The molecule has 0 aliphatic heterocycles. The van der Waals surface area contributed by atoms with E-state index in [1.807, 2.05) is 42.5 Å². The van der Waals surface area contributed by atoms with Gasteiger partial charge in [-0.15, -0.1) is 0 Å². The fourth-order valence-electron chi connectivity index (χ4n) is 1.97. The lowest BCUT2D eigenvalue weighted by atomic mass is 10.1. The van der Waals surface area contributed by atoms with Crippen molar-refractivity contribution in [3.05, 3.63) is 72.9 Å². The SMILES string of the molecule is CC/C=C/CCCCCC/C=C/C=C/C=C/C=C/C=C/CCO. The monoisotopic (exact) mass is 314 g/mol. The van der Waals surface area contributed by atoms with Crippen LogP contribution >= 0.6 is 0 Å². The second kappa shape index (κ2) is 20.4. The molecular formula is C22H34O. The summed E-state index contributed by atoms with van der Waals surface area (Å²) in [7, 11) is 0. The summed E-state index contributed by atoms with van der Waals surface area (Å²) < 4.78 is 0. The molecule has 1 nitrogen and oxygen atoms in total. The Hall–Kier alpha value is -1.60. The maximum absolute atomic E-state index is 8.60. The highest BCUT2D eigenvalue weighted by Gasteiger charge is 1.86. The van der Waals surface area contributed by atoms with Gasteiger partial charge in [-0.1, -0.05) is 92.7 Å². The molecule has 0 aliphatic carbocycles. The smallest absolute Gasteiger partial charge is 0.0465 e. The summed E-state index contributed by atoms with van der Waals surface area (Å²) in [6.45, 7) is 2.40. The summed E-state index contributed by atoms with van der Waals surface area (Å²) in [5, 5.41) is 8.60. The standard InChI is InChI=1S/C22H34O/c1-2-3-4-5-6-7-8-9-10-11-12-13-14-15-16-17-18-19-20-21-22-23/h3-4,11-20,23H,2,5-10,21-22H2,1H3/b4-3+,12-11+,14-13+,16-15+,18-17+,20-19+. The molecule has 0 rings (SSSR count). The molecule has 0 aromatic carbocycles. The Bertz CT molecular complexity index is 394. The van der Waals surface area contributed by atoms with Gasteiger partial charge in [0, 0.05) is 6.61 Å². The first-order valence-electron chi connectivity index (χ1n) is 8.99. The zero-order valence-electron chi connectivity index (χ0n) is 14.7. The van der Waals surface area contributed by atoms with Gasteiger partial charge in [0.1, 0.15) is 0 Å². The molecule has 1 N–H and O–H groups in total. The van der Waals surface area contributed by atoms with Crippen molar-refractivity contribution in [2.75, 3.05) is 6.61 Å². The molecule has 1 heteroatoms. The number of hydrogen-bond acceptors (Lipinski definition) is 1. The van der Waals surface area contributed by atoms with E-state index >= 15 is 0 Å². The van der Waals surface area contributed by atoms with Gasteiger partial charge in [0.05, 0.1) is 0 Å². The van der Waals surface area contributed by atoms with Crippen LogP contribution in [0.4, 0.5) is 0 Å². The molecule has 0 bridgehead atoms. The lowest BCUT2D eigenvalue weighted by Crippen LogP contribution is -1.76. The van der Waals surface area contributed by atoms with E-state index in [9.17, 15) is 0 Å². The molecule has 128 valence electrons. The third-order valence-corrected chi connectivity index (χ3v) is 3.24. The molecule has 0 aromatic heterocycles. The molecule has 0 atom stereocenters. The van der Waals surface area contributed by atoms with Crippen LogP contribution < -0.4 is 0 Å². The van der Waals surface area contributed by atoms with Crippen molar-refractivity contribution >= 4 is 0 Å². The van der Waals surface area contributed by atoms with E-state index in [1.54, 1.807) is 0 Å². The Kier molecular flexibility index (Phi) is 19.0.